The van der Waals surface area contributed by atoms with E-state index in [1.54, 1.807) is 0 Å². The minimum Gasteiger partial charge on any atom is -0.358 e. The zero-order valence-electron chi connectivity index (χ0n) is 21.5. The standard InChI is InChI=1S/C30H36N4OS/c1-22-25(24-12-7-8-13-26(24)32-22)21-31-27(23-10-5-4-6-11-23)20-29(35)34-17-15-30(16-18-34,33(2)3)28-14-9-19-36-28/h4-14,19,27,31-32H,15-18,20-21H2,1-3H3. The number of fused-ring (bicyclic) bond motifs is 1. The van der Waals surface area contributed by atoms with Gasteiger partial charge in [0.2, 0.25) is 5.91 Å². The maximum Gasteiger partial charge on any atom is 0.224 e. The Bertz CT molecular complexity index is 1290. The number of carbonyl (C=O) groups excluding carboxylic acids is 1. The average Bonchev–Trinajstić information content (AvgIpc) is 3.55. The van der Waals surface area contributed by atoms with Crippen molar-refractivity contribution >= 4 is 28.1 Å². The largest absolute Gasteiger partial charge is 0.358 e. The van der Waals surface area contributed by atoms with Crippen LogP contribution in [0.1, 0.15) is 47.0 Å². The smallest absolute Gasteiger partial charge is 0.224 e. The van der Waals surface area contributed by atoms with Crippen LogP contribution in [0.4, 0.5) is 0 Å². The van der Waals surface area contributed by atoms with Crippen LogP contribution in [0.3, 0.4) is 0 Å². The molecule has 6 heteroatoms. The summed E-state index contributed by atoms with van der Waals surface area (Å²) in [5.41, 5.74) is 4.77. The van der Waals surface area contributed by atoms with Gasteiger partial charge in [0.15, 0.2) is 0 Å². The van der Waals surface area contributed by atoms with Crippen molar-refractivity contribution in [2.45, 2.75) is 44.3 Å². The number of nitrogens with zero attached hydrogens (tertiary/aromatic N) is 2. The first kappa shape index (κ1) is 24.8. The number of piperidine rings is 1. The number of aromatic amines is 1. The van der Waals surface area contributed by atoms with Crippen LogP contribution in [0.2, 0.25) is 0 Å². The molecule has 1 amide bonds. The molecule has 0 aliphatic carbocycles. The molecule has 1 saturated heterocycles. The SMILES string of the molecule is Cc1[nH]c2ccccc2c1CNC(CC(=O)N1CCC(c2cccs2)(N(C)C)CC1)c1ccccc1. The molecule has 1 fully saturated rings. The number of benzene rings is 2. The van der Waals surface area contributed by atoms with Crippen molar-refractivity contribution in [2.24, 2.45) is 0 Å². The molecule has 2 aromatic carbocycles. The number of amides is 1. The number of rotatable bonds is 8. The normalized spacial score (nSPS) is 16.5. The molecule has 36 heavy (non-hydrogen) atoms. The number of aryl methyl sites for hydroxylation is 1. The first-order valence-electron chi connectivity index (χ1n) is 12.8. The minimum atomic E-state index is -0.0374. The number of nitrogens with one attached hydrogen (secondary N) is 2. The molecular weight excluding hydrogens is 464 g/mol. The molecule has 1 aliphatic rings. The summed E-state index contributed by atoms with van der Waals surface area (Å²) in [5.74, 6) is 0.227. The number of aromatic nitrogens is 1. The van der Waals surface area contributed by atoms with Crippen LogP contribution in [-0.2, 0) is 16.9 Å². The second-order valence-corrected chi connectivity index (χ2v) is 11.1. The maximum atomic E-state index is 13.6. The third-order valence-corrected chi connectivity index (χ3v) is 8.98. The van der Waals surface area contributed by atoms with Gasteiger partial charge in [0.05, 0.1) is 5.54 Å². The summed E-state index contributed by atoms with van der Waals surface area (Å²) in [7, 11) is 4.33. The molecule has 2 N–H and O–H groups in total. The van der Waals surface area contributed by atoms with Gasteiger partial charge in [-0.2, -0.15) is 0 Å². The van der Waals surface area contributed by atoms with Crippen LogP contribution in [0.25, 0.3) is 10.9 Å². The van der Waals surface area contributed by atoms with Gasteiger partial charge in [-0.25, -0.2) is 0 Å². The number of H-pyrrole nitrogens is 1. The first-order chi connectivity index (χ1) is 17.5. The Labute approximate surface area is 218 Å². The number of likely N-dealkylation sites (tertiary alicyclic amines) is 1. The molecule has 1 atom stereocenters. The molecule has 3 heterocycles. The Morgan fingerprint density at radius 2 is 1.78 bits per heavy atom. The molecule has 188 valence electrons. The van der Waals surface area contributed by atoms with E-state index in [4.69, 9.17) is 0 Å². The second-order valence-electron chi connectivity index (χ2n) is 10.1. The lowest BCUT2D eigenvalue weighted by Gasteiger charge is -2.46. The molecule has 5 nitrogen and oxygen atoms in total. The summed E-state index contributed by atoms with van der Waals surface area (Å²) < 4.78 is 0. The Morgan fingerprint density at radius 3 is 2.47 bits per heavy atom. The van der Waals surface area contributed by atoms with Crippen molar-refractivity contribution in [1.29, 1.82) is 0 Å². The van der Waals surface area contributed by atoms with Crippen LogP contribution >= 0.6 is 11.3 Å². The predicted molar refractivity (Wildman–Crippen MR) is 149 cm³/mol. The highest BCUT2D eigenvalue weighted by molar-refractivity contribution is 7.10. The Hall–Kier alpha value is -2.93. The van der Waals surface area contributed by atoms with E-state index >= 15 is 0 Å². The number of hydrogen-bond acceptors (Lipinski definition) is 4. The van der Waals surface area contributed by atoms with E-state index in [2.05, 4.69) is 107 Å². The van der Waals surface area contributed by atoms with E-state index in [-0.39, 0.29) is 17.5 Å². The number of hydrogen-bond donors (Lipinski definition) is 2. The van der Waals surface area contributed by atoms with Crippen LogP contribution in [0, 0.1) is 6.92 Å². The Morgan fingerprint density at radius 1 is 1.06 bits per heavy atom. The molecular formula is C30H36N4OS. The third kappa shape index (κ3) is 4.85. The lowest BCUT2D eigenvalue weighted by atomic mass is 9.84. The van der Waals surface area contributed by atoms with E-state index in [0.29, 0.717) is 13.0 Å². The van der Waals surface area contributed by atoms with Crippen molar-refractivity contribution < 1.29 is 4.79 Å². The van der Waals surface area contributed by atoms with Gasteiger partial charge in [-0.3, -0.25) is 9.69 Å². The lowest BCUT2D eigenvalue weighted by Crippen LogP contribution is -2.51. The van der Waals surface area contributed by atoms with Gasteiger partial charge in [0.25, 0.3) is 0 Å². The topological polar surface area (TPSA) is 51.4 Å². The summed E-state index contributed by atoms with van der Waals surface area (Å²) >= 11 is 1.82. The lowest BCUT2D eigenvalue weighted by molar-refractivity contribution is -0.134. The van der Waals surface area contributed by atoms with Crippen LogP contribution in [-0.4, -0.2) is 47.9 Å². The van der Waals surface area contributed by atoms with E-state index in [9.17, 15) is 4.79 Å². The molecule has 4 aromatic rings. The third-order valence-electron chi connectivity index (χ3n) is 7.91. The molecule has 0 spiro atoms. The highest BCUT2D eigenvalue weighted by Crippen LogP contribution is 2.40. The van der Waals surface area contributed by atoms with Crippen molar-refractivity contribution in [1.82, 2.24) is 20.1 Å². The van der Waals surface area contributed by atoms with Crippen molar-refractivity contribution in [3.63, 3.8) is 0 Å². The average molecular weight is 501 g/mol. The summed E-state index contributed by atoms with van der Waals surface area (Å²) in [6.45, 7) is 4.42. The fourth-order valence-electron chi connectivity index (χ4n) is 5.67. The van der Waals surface area contributed by atoms with Gasteiger partial charge >= 0.3 is 0 Å². The minimum absolute atomic E-state index is 0.0227. The van der Waals surface area contributed by atoms with Crippen LogP contribution in [0.15, 0.2) is 72.1 Å². The summed E-state index contributed by atoms with van der Waals surface area (Å²) in [4.78, 5) is 22.9. The molecule has 1 unspecified atom stereocenters. The number of carbonyl (C=O) groups is 1. The number of thiophene rings is 1. The molecule has 0 saturated carbocycles. The van der Waals surface area contributed by atoms with Gasteiger partial charge in [0, 0.05) is 53.6 Å². The fourth-order valence-corrected chi connectivity index (χ4v) is 6.74. The van der Waals surface area contributed by atoms with E-state index in [0.717, 1.165) is 37.0 Å². The molecule has 0 radical (unpaired) electrons. The molecule has 0 bridgehead atoms. The quantitative estimate of drug-likeness (QED) is 0.320. The second kappa shape index (κ2) is 10.6. The maximum absolute atomic E-state index is 13.6. The molecule has 5 rings (SSSR count). The van der Waals surface area contributed by atoms with Gasteiger partial charge in [-0.1, -0.05) is 54.6 Å². The Kier molecular flexibility index (Phi) is 7.28. The summed E-state index contributed by atoms with van der Waals surface area (Å²) in [5, 5.41) is 7.12. The van der Waals surface area contributed by atoms with Crippen molar-refractivity contribution in [3.8, 4) is 0 Å². The van der Waals surface area contributed by atoms with Gasteiger partial charge < -0.3 is 15.2 Å². The number of para-hydroxylation sites is 1. The Balaban J connectivity index is 1.29. The van der Waals surface area contributed by atoms with Crippen LogP contribution < -0.4 is 5.32 Å². The zero-order chi connectivity index (χ0) is 25.1. The molecule has 1 aliphatic heterocycles. The van der Waals surface area contributed by atoms with Gasteiger partial charge in [0.1, 0.15) is 0 Å². The zero-order valence-corrected chi connectivity index (χ0v) is 22.3. The molecule has 2 aromatic heterocycles. The predicted octanol–water partition coefficient (Wildman–Crippen LogP) is 5.84. The van der Waals surface area contributed by atoms with E-state index < -0.39 is 0 Å². The fraction of sp³-hybridized carbons (Fsp3) is 0.367. The highest BCUT2D eigenvalue weighted by atomic mass is 32.1. The first-order valence-corrected chi connectivity index (χ1v) is 13.7. The highest BCUT2D eigenvalue weighted by Gasteiger charge is 2.40. The van der Waals surface area contributed by atoms with Crippen LogP contribution in [0.5, 0.6) is 0 Å². The van der Waals surface area contributed by atoms with Gasteiger partial charge in [-0.05, 0) is 62.5 Å². The van der Waals surface area contributed by atoms with Gasteiger partial charge in [-0.15, -0.1) is 11.3 Å². The van der Waals surface area contributed by atoms with Crippen molar-refractivity contribution in [2.75, 3.05) is 27.2 Å². The van der Waals surface area contributed by atoms with Crippen molar-refractivity contribution in [3.05, 3.63) is 93.8 Å². The summed E-state index contributed by atoms with van der Waals surface area (Å²) in [6, 6.07) is 23.1. The summed E-state index contributed by atoms with van der Waals surface area (Å²) in [6.07, 6.45) is 2.38. The van der Waals surface area contributed by atoms with E-state index in [1.807, 2.05) is 17.4 Å². The monoisotopic (exact) mass is 500 g/mol. The van der Waals surface area contributed by atoms with E-state index in [1.165, 1.54) is 21.5 Å².